The Morgan fingerprint density at radius 2 is 1.88 bits per heavy atom. The molecular weight excluding hydrogens is 326 g/mol. The Hall–Kier alpha value is -2.25. The average molecular weight is 345 g/mol. The van der Waals surface area contributed by atoms with Crippen LogP contribution in [0.15, 0.2) is 53.7 Å². The number of hydrogen-bond acceptors (Lipinski definition) is 4. The van der Waals surface area contributed by atoms with Gasteiger partial charge in [-0.15, -0.1) is 0 Å². The largest absolute Gasteiger partial charge is 0.308 e. The van der Waals surface area contributed by atoms with Crippen molar-refractivity contribution in [1.29, 1.82) is 0 Å². The van der Waals surface area contributed by atoms with E-state index in [2.05, 4.69) is 4.98 Å². The van der Waals surface area contributed by atoms with Crippen molar-refractivity contribution in [2.24, 2.45) is 11.1 Å². The molecule has 7 heteroatoms. The molecule has 0 atom stereocenters. The third-order valence-corrected chi connectivity index (χ3v) is 5.08. The van der Waals surface area contributed by atoms with E-state index in [1.54, 1.807) is 4.90 Å². The lowest BCUT2D eigenvalue weighted by Gasteiger charge is -2.32. The van der Waals surface area contributed by atoms with Crippen LogP contribution in [0.3, 0.4) is 0 Å². The highest BCUT2D eigenvalue weighted by Gasteiger charge is 2.26. The van der Waals surface area contributed by atoms with Crippen LogP contribution in [0.25, 0.3) is 0 Å². The van der Waals surface area contributed by atoms with Crippen LogP contribution in [0, 0.1) is 5.92 Å². The molecule has 0 saturated heterocycles. The van der Waals surface area contributed by atoms with Gasteiger partial charge in [0.15, 0.2) is 5.03 Å². The number of carbonyl (C=O) groups excluding carboxylic acids is 1. The summed E-state index contributed by atoms with van der Waals surface area (Å²) in [4.78, 5) is 18.4. The monoisotopic (exact) mass is 345 g/mol. The molecule has 1 saturated carbocycles. The van der Waals surface area contributed by atoms with E-state index in [-0.39, 0.29) is 10.9 Å². The highest BCUT2D eigenvalue weighted by molar-refractivity contribution is 7.89. The summed E-state index contributed by atoms with van der Waals surface area (Å²) < 4.78 is 22.6. The van der Waals surface area contributed by atoms with Crippen molar-refractivity contribution in [3.8, 4) is 0 Å². The minimum absolute atomic E-state index is 0.193. The van der Waals surface area contributed by atoms with Crippen LogP contribution >= 0.6 is 0 Å². The number of aromatic nitrogens is 1. The maximum Gasteiger partial charge on any atom is 0.259 e. The van der Waals surface area contributed by atoms with Gasteiger partial charge in [0.25, 0.3) is 15.9 Å². The Morgan fingerprint density at radius 3 is 2.38 bits per heavy atom. The van der Waals surface area contributed by atoms with Gasteiger partial charge >= 0.3 is 0 Å². The maximum absolute atomic E-state index is 12.9. The van der Waals surface area contributed by atoms with Crippen LogP contribution < -0.4 is 10.0 Å². The first kappa shape index (κ1) is 16.6. The third kappa shape index (κ3) is 3.63. The molecule has 1 aliphatic carbocycles. The van der Waals surface area contributed by atoms with Crippen molar-refractivity contribution < 1.29 is 13.2 Å². The van der Waals surface area contributed by atoms with Gasteiger partial charge in [-0.1, -0.05) is 24.6 Å². The van der Waals surface area contributed by atoms with Crippen molar-refractivity contribution in [3.63, 3.8) is 0 Å². The zero-order valence-electron chi connectivity index (χ0n) is 13.1. The lowest BCUT2D eigenvalue weighted by Crippen LogP contribution is -2.37. The fourth-order valence-electron chi connectivity index (χ4n) is 2.68. The SMILES string of the molecule is NS(=O)(=O)c1ccc(C(=O)N(CC2CCC2)c2ccccc2)cn1. The van der Waals surface area contributed by atoms with Crippen molar-refractivity contribution in [3.05, 3.63) is 54.2 Å². The van der Waals surface area contributed by atoms with E-state index in [9.17, 15) is 13.2 Å². The highest BCUT2D eigenvalue weighted by atomic mass is 32.2. The Kier molecular flexibility index (Phi) is 4.64. The summed E-state index contributed by atoms with van der Waals surface area (Å²) in [7, 11) is -3.87. The molecule has 0 radical (unpaired) electrons. The van der Waals surface area contributed by atoms with E-state index in [0.29, 0.717) is 18.0 Å². The molecular formula is C17H19N3O3S. The fourth-order valence-corrected chi connectivity index (χ4v) is 3.14. The molecule has 2 N–H and O–H groups in total. The molecule has 0 bridgehead atoms. The van der Waals surface area contributed by atoms with Crippen LogP contribution in [0.4, 0.5) is 5.69 Å². The summed E-state index contributed by atoms with van der Waals surface area (Å²) in [5, 5.41) is 4.79. The number of amides is 1. The van der Waals surface area contributed by atoms with Gasteiger partial charge in [0.1, 0.15) is 0 Å². The van der Waals surface area contributed by atoms with Crippen molar-refractivity contribution in [1.82, 2.24) is 4.98 Å². The first-order valence-corrected chi connectivity index (χ1v) is 9.35. The number of primary sulfonamides is 1. The lowest BCUT2D eigenvalue weighted by atomic mass is 9.85. The zero-order chi connectivity index (χ0) is 17.2. The number of nitrogens with zero attached hydrogens (tertiary/aromatic N) is 2. The molecule has 126 valence electrons. The number of rotatable bonds is 5. The number of hydrogen-bond donors (Lipinski definition) is 1. The lowest BCUT2D eigenvalue weighted by molar-refractivity contribution is 0.0977. The zero-order valence-corrected chi connectivity index (χ0v) is 13.9. The van der Waals surface area contributed by atoms with Gasteiger partial charge < -0.3 is 4.90 Å². The average Bonchev–Trinajstić information content (AvgIpc) is 2.53. The molecule has 2 aromatic rings. The van der Waals surface area contributed by atoms with Gasteiger partial charge in [-0.05, 0) is 43.0 Å². The number of anilines is 1. The Bertz CT molecular complexity index is 816. The second kappa shape index (κ2) is 6.70. The van der Waals surface area contributed by atoms with Crippen LogP contribution in [-0.4, -0.2) is 25.9 Å². The summed E-state index contributed by atoms with van der Waals surface area (Å²) in [5.74, 6) is 0.312. The maximum atomic E-state index is 12.9. The van der Waals surface area contributed by atoms with Crippen LogP contribution in [0.1, 0.15) is 29.6 Å². The molecule has 0 spiro atoms. The third-order valence-electron chi connectivity index (χ3n) is 4.25. The molecule has 1 amide bonds. The van der Waals surface area contributed by atoms with Gasteiger partial charge in [-0.2, -0.15) is 0 Å². The van der Waals surface area contributed by atoms with Crippen LogP contribution in [0.5, 0.6) is 0 Å². The summed E-state index contributed by atoms with van der Waals surface area (Å²) >= 11 is 0. The van der Waals surface area contributed by atoms with E-state index in [4.69, 9.17) is 5.14 Å². The minimum atomic E-state index is -3.87. The molecule has 1 aliphatic rings. The molecule has 1 fully saturated rings. The van der Waals surface area contributed by atoms with Crippen LogP contribution in [-0.2, 0) is 10.0 Å². The van der Waals surface area contributed by atoms with Crippen molar-refractivity contribution >= 4 is 21.6 Å². The van der Waals surface area contributed by atoms with Crippen molar-refractivity contribution in [2.45, 2.75) is 24.3 Å². The second-order valence-electron chi connectivity index (χ2n) is 5.98. The van der Waals surface area contributed by atoms with E-state index in [1.807, 2.05) is 30.3 Å². The number of benzene rings is 1. The summed E-state index contributed by atoms with van der Waals surface area (Å²) in [6.07, 6.45) is 4.71. The van der Waals surface area contributed by atoms with E-state index >= 15 is 0 Å². The van der Waals surface area contributed by atoms with E-state index in [1.165, 1.54) is 24.8 Å². The molecule has 1 aromatic carbocycles. The molecule has 0 unspecified atom stereocenters. The van der Waals surface area contributed by atoms with E-state index in [0.717, 1.165) is 18.5 Å². The summed E-state index contributed by atoms with van der Waals surface area (Å²) in [6, 6.07) is 12.2. The normalized spacial score (nSPS) is 14.9. The Labute approximate surface area is 141 Å². The highest BCUT2D eigenvalue weighted by Crippen LogP contribution is 2.29. The molecule has 24 heavy (non-hydrogen) atoms. The number of para-hydroxylation sites is 1. The molecule has 6 nitrogen and oxygen atoms in total. The van der Waals surface area contributed by atoms with Gasteiger partial charge in [0, 0.05) is 18.4 Å². The quantitative estimate of drug-likeness (QED) is 0.899. The number of carbonyl (C=O) groups is 1. The molecule has 0 aliphatic heterocycles. The Morgan fingerprint density at radius 1 is 1.17 bits per heavy atom. The standard InChI is InChI=1S/C17H19N3O3S/c18-24(22,23)16-10-9-14(11-19-16)17(21)20(12-13-5-4-6-13)15-7-2-1-3-8-15/h1-3,7-11,13H,4-6,12H2,(H2,18,22,23). The minimum Gasteiger partial charge on any atom is -0.308 e. The predicted molar refractivity (Wildman–Crippen MR) is 91.1 cm³/mol. The molecule has 1 heterocycles. The van der Waals surface area contributed by atoms with Crippen LogP contribution in [0.2, 0.25) is 0 Å². The van der Waals surface area contributed by atoms with Crippen molar-refractivity contribution in [2.75, 3.05) is 11.4 Å². The number of pyridine rings is 1. The molecule has 1 aromatic heterocycles. The smallest absolute Gasteiger partial charge is 0.259 e. The second-order valence-corrected chi connectivity index (χ2v) is 7.49. The van der Waals surface area contributed by atoms with Gasteiger partial charge in [-0.25, -0.2) is 18.5 Å². The number of nitrogens with two attached hydrogens (primary N) is 1. The topological polar surface area (TPSA) is 93.4 Å². The summed E-state index contributed by atoms with van der Waals surface area (Å²) in [5.41, 5.74) is 1.16. The fraction of sp³-hybridized carbons (Fsp3) is 0.294. The predicted octanol–water partition coefficient (Wildman–Crippen LogP) is 2.18. The first-order chi connectivity index (χ1) is 11.4. The van der Waals surface area contributed by atoms with Gasteiger partial charge in [0.2, 0.25) is 0 Å². The Balaban J connectivity index is 1.87. The van der Waals surface area contributed by atoms with Gasteiger partial charge in [0.05, 0.1) is 5.56 Å². The summed E-state index contributed by atoms with van der Waals surface area (Å²) in [6.45, 7) is 0.653. The van der Waals surface area contributed by atoms with Gasteiger partial charge in [-0.3, -0.25) is 4.79 Å². The first-order valence-electron chi connectivity index (χ1n) is 7.81. The molecule has 3 rings (SSSR count). The van der Waals surface area contributed by atoms with E-state index < -0.39 is 10.0 Å². The number of sulfonamides is 1.